The molecule has 1 aromatic rings. The number of piperidine rings is 1. The first kappa shape index (κ1) is 27.3. The molecule has 3 amide bonds. The number of anilines is 1. The van der Waals surface area contributed by atoms with Gasteiger partial charge in [-0.1, -0.05) is 18.2 Å². The molecule has 1 aromatic carbocycles. The Morgan fingerprint density at radius 1 is 1.14 bits per heavy atom. The number of nitrogens with zero attached hydrogens (tertiary/aromatic N) is 4. The summed E-state index contributed by atoms with van der Waals surface area (Å²) in [6.45, 7) is 3.05. The largest absolute Gasteiger partial charge is 0.453 e. The molecule has 6 unspecified atom stereocenters. The zero-order valence-electron chi connectivity index (χ0n) is 24.5. The molecule has 0 radical (unpaired) electrons. The second kappa shape index (κ2) is 10.4. The normalized spacial score (nSPS) is 35.4. The summed E-state index contributed by atoms with van der Waals surface area (Å²) in [5.74, 6) is -0.130. The van der Waals surface area contributed by atoms with Gasteiger partial charge in [-0.25, -0.2) is 4.79 Å². The van der Waals surface area contributed by atoms with Crippen LogP contribution in [0.2, 0.25) is 0 Å². The van der Waals surface area contributed by atoms with E-state index in [-0.39, 0.29) is 66.7 Å². The van der Waals surface area contributed by atoms with E-state index in [4.69, 9.17) is 9.47 Å². The van der Waals surface area contributed by atoms with E-state index in [1.54, 1.807) is 4.90 Å². The topological polar surface area (TPSA) is 131 Å². The van der Waals surface area contributed by atoms with Gasteiger partial charge >= 0.3 is 6.09 Å². The molecule has 4 saturated heterocycles. The van der Waals surface area contributed by atoms with Crippen molar-refractivity contribution in [2.45, 2.75) is 75.0 Å². The maximum absolute atomic E-state index is 13.7. The number of benzene rings is 1. The lowest BCUT2D eigenvalue weighted by Crippen LogP contribution is -2.72. The van der Waals surface area contributed by atoms with Crippen molar-refractivity contribution in [1.29, 1.82) is 0 Å². The fraction of sp³-hybridized carbons (Fsp3) is 0.633. The van der Waals surface area contributed by atoms with Crippen LogP contribution in [0.15, 0.2) is 30.4 Å². The summed E-state index contributed by atoms with van der Waals surface area (Å²) in [7, 11) is 1.44. The molecule has 230 valence electrons. The second-order valence-electron chi connectivity index (χ2n) is 12.9. The van der Waals surface area contributed by atoms with Gasteiger partial charge in [0, 0.05) is 37.3 Å². The second-order valence-corrected chi connectivity index (χ2v) is 12.9. The minimum atomic E-state index is -0.274. The Labute approximate surface area is 250 Å². The van der Waals surface area contributed by atoms with Crippen LogP contribution in [0.4, 0.5) is 10.5 Å². The molecule has 0 aromatic heterocycles. The van der Waals surface area contributed by atoms with Gasteiger partial charge in [-0.15, -0.1) is 0 Å². The third-order valence-corrected chi connectivity index (χ3v) is 10.3. The number of hydrogen-bond acceptors (Lipinski definition) is 10. The number of carbonyl (C=O) groups is 3. The van der Waals surface area contributed by atoms with Crippen LogP contribution in [0.5, 0.6) is 0 Å². The van der Waals surface area contributed by atoms with Crippen molar-refractivity contribution in [1.82, 2.24) is 35.8 Å². The number of methoxy groups -OCH3 is 1. The molecule has 6 atom stereocenters. The summed E-state index contributed by atoms with van der Waals surface area (Å²) in [4.78, 5) is 42.5. The number of morpholine rings is 1. The van der Waals surface area contributed by atoms with E-state index in [1.807, 2.05) is 16.0 Å². The molecule has 1 aliphatic carbocycles. The zero-order valence-corrected chi connectivity index (χ0v) is 24.5. The van der Waals surface area contributed by atoms with Gasteiger partial charge in [-0.3, -0.25) is 30.5 Å². The molecule has 5 fully saturated rings. The van der Waals surface area contributed by atoms with Crippen molar-refractivity contribution in [3.63, 3.8) is 0 Å². The van der Waals surface area contributed by atoms with Crippen LogP contribution in [0.25, 0.3) is 0 Å². The van der Waals surface area contributed by atoms with Gasteiger partial charge in [0.1, 0.15) is 19.1 Å². The van der Waals surface area contributed by atoms with Crippen LogP contribution in [0, 0.1) is 5.92 Å². The molecule has 1 spiro atoms. The number of carbonyl (C=O) groups excluding carboxylic acids is 3. The molecular formula is C30H40N8O5. The van der Waals surface area contributed by atoms with E-state index in [0.717, 1.165) is 37.8 Å². The van der Waals surface area contributed by atoms with E-state index in [1.165, 1.54) is 18.2 Å². The average Bonchev–Trinajstić information content (AvgIpc) is 3.74. The number of ether oxygens (including phenoxy) is 2. The minimum absolute atomic E-state index is 0.00692. The molecule has 2 bridgehead atoms. The molecule has 4 N–H and O–H groups in total. The maximum atomic E-state index is 13.7. The maximum Gasteiger partial charge on any atom is 0.409 e. The van der Waals surface area contributed by atoms with Crippen LogP contribution in [-0.2, 0) is 31.0 Å². The van der Waals surface area contributed by atoms with Gasteiger partial charge in [-0.2, -0.15) is 5.01 Å². The predicted molar refractivity (Wildman–Crippen MR) is 155 cm³/mol. The SMILES string of the molecule is COC(=O)N1Cc2ccc(NC3NCC4C(=O)N5C/C=C/CCN6C(=O)COC7CCC(NC76)N5C4N3)cc2C2(CC2)C1. The third kappa shape index (κ3) is 4.60. The number of rotatable bonds is 2. The van der Waals surface area contributed by atoms with Gasteiger partial charge in [0.2, 0.25) is 11.8 Å². The summed E-state index contributed by atoms with van der Waals surface area (Å²) >= 11 is 0. The predicted octanol–water partition coefficient (Wildman–Crippen LogP) is 0.413. The third-order valence-electron chi connectivity index (χ3n) is 10.3. The highest BCUT2D eigenvalue weighted by molar-refractivity contribution is 5.82. The van der Waals surface area contributed by atoms with E-state index >= 15 is 0 Å². The van der Waals surface area contributed by atoms with Crippen molar-refractivity contribution in [3.05, 3.63) is 41.5 Å². The Kier molecular flexibility index (Phi) is 6.64. The van der Waals surface area contributed by atoms with Gasteiger partial charge in [0.15, 0.2) is 0 Å². The average molecular weight is 593 g/mol. The highest BCUT2D eigenvalue weighted by Gasteiger charge is 2.54. The van der Waals surface area contributed by atoms with Crippen molar-refractivity contribution in [3.8, 4) is 0 Å². The Bertz CT molecular complexity index is 1350. The molecule has 43 heavy (non-hydrogen) atoms. The summed E-state index contributed by atoms with van der Waals surface area (Å²) in [6.07, 6.45) is 7.49. The first-order valence-electron chi connectivity index (χ1n) is 15.6. The number of amides is 3. The van der Waals surface area contributed by atoms with Crippen LogP contribution in [-0.4, -0.2) is 109 Å². The lowest BCUT2D eigenvalue weighted by Gasteiger charge is -2.50. The number of hydrogen-bond donors (Lipinski definition) is 4. The monoisotopic (exact) mass is 592 g/mol. The quantitative estimate of drug-likeness (QED) is 0.359. The van der Waals surface area contributed by atoms with Gasteiger partial charge in [0.05, 0.1) is 38.0 Å². The van der Waals surface area contributed by atoms with E-state index in [2.05, 4.69) is 50.6 Å². The van der Waals surface area contributed by atoms with E-state index in [9.17, 15) is 14.4 Å². The number of nitrogens with one attached hydrogen (secondary N) is 4. The highest BCUT2D eigenvalue weighted by Crippen LogP contribution is 2.53. The van der Waals surface area contributed by atoms with Gasteiger partial charge in [-0.05, 0) is 55.4 Å². The summed E-state index contributed by atoms with van der Waals surface area (Å²) in [5.41, 5.74) is 3.47. The van der Waals surface area contributed by atoms with Crippen molar-refractivity contribution in [2.24, 2.45) is 5.92 Å². The lowest BCUT2D eigenvalue weighted by atomic mass is 9.86. The molecule has 6 heterocycles. The molecular weight excluding hydrogens is 552 g/mol. The molecule has 1 saturated carbocycles. The summed E-state index contributed by atoms with van der Waals surface area (Å²) in [5, 5.41) is 18.6. The Hall–Kier alpha value is -3.23. The molecule has 6 aliphatic heterocycles. The number of fused-ring (bicyclic) bond motifs is 7. The van der Waals surface area contributed by atoms with Crippen LogP contribution in [0.3, 0.4) is 0 Å². The lowest BCUT2D eigenvalue weighted by molar-refractivity contribution is -0.175. The van der Waals surface area contributed by atoms with Crippen molar-refractivity contribution < 1.29 is 23.9 Å². The van der Waals surface area contributed by atoms with Crippen LogP contribution >= 0.6 is 0 Å². The zero-order chi connectivity index (χ0) is 29.3. The summed E-state index contributed by atoms with van der Waals surface area (Å²) in [6, 6.07) is 6.40. The Morgan fingerprint density at radius 2 is 2.02 bits per heavy atom. The molecule has 13 nitrogen and oxygen atoms in total. The van der Waals surface area contributed by atoms with Crippen LogP contribution in [0.1, 0.15) is 43.2 Å². The fourth-order valence-corrected chi connectivity index (χ4v) is 8.02. The van der Waals surface area contributed by atoms with E-state index < -0.39 is 0 Å². The standard InChI is InChI=1S/C30H40N8O5/c1-42-29(41)35-15-18-5-6-19(13-21(18)30(17-35)9-10-30)32-28-31-14-20-25(34-28)38-23-8-7-22-26(33-23)36(24(39)16-43-22)11-3-2-4-12-37(38)27(20)40/h2,4-6,13,20,22-23,25-26,28,31-34H,3,7-12,14-17H2,1H3/b4-2+. The first-order valence-corrected chi connectivity index (χ1v) is 15.6. The van der Waals surface area contributed by atoms with Gasteiger partial charge < -0.3 is 24.6 Å². The van der Waals surface area contributed by atoms with E-state index in [0.29, 0.717) is 32.7 Å². The Morgan fingerprint density at radius 3 is 2.86 bits per heavy atom. The van der Waals surface area contributed by atoms with Crippen molar-refractivity contribution >= 4 is 23.6 Å². The van der Waals surface area contributed by atoms with Gasteiger partial charge in [0.25, 0.3) is 0 Å². The fourth-order valence-electron chi connectivity index (χ4n) is 8.02. The Balaban J connectivity index is 1.02. The molecule has 8 rings (SSSR count). The molecule has 13 heteroatoms. The highest BCUT2D eigenvalue weighted by atomic mass is 16.5. The minimum Gasteiger partial charge on any atom is -0.453 e. The van der Waals surface area contributed by atoms with Crippen LogP contribution < -0.4 is 21.3 Å². The smallest absolute Gasteiger partial charge is 0.409 e. The number of hydrazine groups is 1. The molecule has 7 aliphatic rings. The first-order chi connectivity index (χ1) is 20.9. The summed E-state index contributed by atoms with van der Waals surface area (Å²) < 4.78 is 10.9. The van der Waals surface area contributed by atoms with Crippen molar-refractivity contribution in [2.75, 3.05) is 45.2 Å².